The van der Waals surface area contributed by atoms with Crippen molar-refractivity contribution < 1.29 is 37.4 Å². The molecular weight excluding hydrogens is 534 g/mol. The highest BCUT2D eigenvalue weighted by molar-refractivity contribution is 7.52. The van der Waals surface area contributed by atoms with Crippen molar-refractivity contribution in [2.24, 2.45) is 0 Å². The van der Waals surface area contributed by atoms with Crippen LogP contribution in [0.3, 0.4) is 0 Å². The van der Waals surface area contributed by atoms with Crippen LogP contribution in [0.1, 0.15) is 33.9 Å². The van der Waals surface area contributed by atoms with Gasteiger partial charge in [0.15, 0.2) is 23.4 Å². The van der Waals surface area contributed by atoms with Gasteiger partial charge in [0.1, 0.15) is 35.8 Å². The summed E-state index contributed by atoms with van der Waals surface area (Å²) in [6.07, 6.45) is -2.05. The number of fused-ring (bicyclic) bond motifs is 1. The first-order chi connectivity index (χ1) is 18.4. The molecule has 1 unspecified atom stereocenters. The van der Waals surface area contributed by atoms with Crippen molar-refractivity contribution in [2.45, 2.75) is 63.9 Å². The van der Waals surface area contributed by atoms with Crippen LogP contribution in [-0.2, 0) is 23.4 Å². The number of aromatic nitrogens is 4. The number of ether oxygens (including phenoxy) is 2. The molecule has 1 aliphatic rings. The molecule has 6 atom stereocenters. The second-order valence-electron chi connectivity index (χ2n) is 9.45. The van der Waals surface area contributed by atoms with Gasteiger partial charge in [-0.05, 0) is 39.8 Å². The number of hydrogen-bond donors (Lipinski definition) is 3. The van der Waals surface area contributed by atoms with Gasteiger partial charge in [-0.3, -0.25) is 13.9 Å². The van der Waals surface area contributed by atoms with E-state index in [-0.39, 0.29) is 11.4 Å². The number of aliphatic hydroxyl groups excluding tert-OH is 1. The first kappa shape index (κ1) is 28.8. The number of carbonyl (C=O) groups excluding carboxylic acids is 1. The largest absolute Gasteiger partial charge is 0.462 e. The third kappa shape index (κ3) is 6.20. The summed E-state index contributed by atoms with van der Waals surface area (Å²) in [7, 11) is -2.59. The number of nitrogens with one attached hydrogen (secondary N) is 2. The number of esters is 1. The smallest absolute Gasteiger partial charge is 0.459 e. The fourth-order valence-corrected chi connectivity index (χ4v) is 5.57. The molecule has 0 aliphatic carbocycles. The molecule has 0 radical (unpaired) electrons. The summed E-state index contributed by atoms with van der Waals surface area (Å²) in [5.74, 6) is -0.0364. The van der Waals surface area contributed by atoms with Crippen LogP contribution < -0.4 is 14.9 Å². The molecule has 39 heavy (non-hydrogen) atoms. The number of benzene rings is 1. The third-order valence-electron chi connectivity index (χ3n) is 6.00. The minimum absolute atomic E-state index is 0.198. The molecule has 1 aliphatic heterocycles. The van der Waals surface area contributed by atoms with Crippen LogP contribution in [0.15, 0.2) is 43.0 Å². The topological polar surface area (TPSA) is 159 Å². The van der Waals surface area contributed by atoms with Crippen molar-refractivity contribution in [2.75, 3.05) is 19.0 Å². The van der Waals surface area contributed by atoms with E-state index in [1.54, 1.807) is 51.2 Å². The number of aliphatic hydroxyl groups is 1. The zero-order valence-corrected chi connectivity index (χ0v) is 23.0. The van der Waals surface area contributed by atoms with Crippen molar-refractivity contribution in [3.8, 4) is 5.75 Å². The molecular formula is C24H32FN6O7P. The van der Waals surface area contributed by atoms with E-state index in [1.165, 1.54) is 31.1 Å². The van der Waals surface area contributed by atoms with Crippen LogP contribution in [0, 0.1) is 0 Å². The van der Waals surface area contributed by atoms with E-state index in [2.05, 4.69) is 25.4 Å². The quantitative estimate of drug-likeness (QED) is 0.230. The molecule has 0 bridgehead atoms. The average Bonchev–Trinajstić information content (AvgIpc) is 3.41. The Morgan fingerprint density at radius 2 is 1.97 bits per heavy atom. The Morgan fingerprint density at radius 1 is 1.26 bits per heavy atom. The Hall–Kier alpha value is -3.16. The average molecular weight is 567 g/mol. The summed E-state index contributed by atoms with van der Waals surface area (Å²) >= 11 is 0. The SMILES string of the molecule is CNc1ncnc2c1ncn2[C@@H]1O[C@H](COP(=O)(N[C@H](C)C(=O)OC(C)C)Oc2ccccc2)[C@@H](O)[C@@]1(C)F. The minimum atomic E-state index is -4.26. The van der Waals surface area contributed by atoms with Gasteiger partial charge >= 0.3 is 13.7 Å². The number of imidazole rings is 1. The number of nitrogens with zero attached hydrogens (tertiary/aromatic N) is 4. The van der Waals surface area contributed by atoms with Gasteiger partial charge in [0.05, 0.1) is 19.0 Å². The Bertz CT molecular complexity index is 1340. The molecule has 0 spiro atoms. The standard InChI is InChI=1S/C24H32FN6O7P/c1-14(2)36-22(33)15(3)30-39(34,38-16-9-7-6-8-10-16)35-11-17-19(32)24(4,25)23(37-17)31-13-29-18-20(26-5)27-12-28-21(18)31/h6-10,12-15,17,19,23,32H,11H2,1-5H3,(H,30,34)(H,26,27,28)/t15-,17-,19-,23-,24-,39?/m1/s1. The van der Waals surface area contributed by atoms with E-state index in [0.717, 1.165) is 0 Å². The zero-order chi connectivity index (χ0) is 28.4. The van der Waals surface area contributed by atoms with Gasteiger partial charge in [0.25, 0.3) is 0 Å². The summed E-state index contributed by atoms with van der Waals surface area (Å²) < 4.78 is 53.2. The molecule has 0 saturated carbocycles. The Labute approximate surface area is 224 Å². The predicted molar refractivity (Wildman–Crippen MR) is 139 cm³/mol. The Kier molecular flexibility index (Phi) is 8.52. The van der Waals surface area contributed by atoms with Gasteiger partial charge in [0, 0.05) is 7.05 Å². The van der Waals surface area contributed by atoms with E-state index in [4.69, 9.17) is 18.5 Å². The molecule has 212 valence electrons. The molecule has 3 N–H and O–H groups in total. The molecule has 4 rings (SSSR count). The van der Waals surface area contributed by atoms with Gasteiger partial charge in [0.2, 0.25) is 0 Å². The third-order valence-corrected chi connectivity index (χ3v) is 7.64. The van der Waals surface area contributed by atoms with Crippen LogP contribution in [-0.4, -0.2) is 74.3 Å². The van der Waals surface area contributed by atoms with Crippen molar-refractivity contribution in [3.05, 3.63) is 43.0 Å². The molecule has 2 aromatic heterocycles. The van der Waals surface area contributed by atoms with Crippen molar-refractivity contribution in [1.29, 1.82) is 0 Å². The molecule has 1 saturated heterocycles. The number of para-hydroxylation sites is 1. The van der Waals surface area contributed by atoms with Gasteiger partial charge in [-0.25, -0.2) is 23.9 Å². The molecule has 13 nitrogen and oxygen atoms in total. The van der Waals surface area contributed by atoms with Crippen LogP contribution in [0.4, 0.5) is 10.2 Å². The van der Waals surface area contributed by atoms with Crippen molar-refractivity contribution in [3.63, 3.8) is 0 Å². The number of hydrogen-bond acceptors (Lipinski definition) is 11. The van der Waals surface area contributed by atoms with Crippen LogP contribution >= 0.6 is 7.75 Å². The monoisotopic (exact) mass is 566 g/mol. The lowest BCUT2D eigenvalue weighted by Gasteiger charge is -2.25. The van der Waals surface area contributed by atoms with Crippen LogP contribution in [0.2, 0.25) is 0 Å². The molecule has 3 heterocycles. The second-order valence-corrected chi connectivity index (χ2v) is 11.1. The molecule has 1 aromatic carbocycles. The summed E-state index contributed by atoms with van der Waals surface area (Å²) in [6, 6.07) is 7.10. The Morgan fingerprint density at radius 3 is 2.64 bits per heavy atom. The van der Waals surface area contributed by atoms with Crippen LogP contribution in [0.5, 0.6) is 5.75 Å². The molecule has 15 heteroatoms. The minimum Gasteiger partial charge on any atom is -0.462 e. The summed E-state index contributed by atoms with van der Waals surface area (Å²) in [6.45, 7) is 5.44. The van der Waals surface area contributed by atoms with Crippen LogP contribution in [0.25, 0.3) is 11.2 Å². The van der Waals surface area contributed by atoms with E-state index in [9.17, 15) is 14.5 Å². The maximum Gasteiger partial charge on any atom is 0.459 e. The van der Waals surface area contributed by atoms with E-state index in [0.29, 0.717) is 11.3 Å². The number of anilines is 1. The normalized spacial score (nSPS) is 25.4. The highest BCUT2D eigenvalue weighted by atomic mass is 31.2. The van der Waals surface area contributed by atoms with Gasteiger partial charge in [-0.1, -0.05) is 18.2 Å². The number of rotatable bonds is 11. The first-order valence-corrected chi connectivity index (χ1v) is 13.8. The fourth-order valence-electron chi connectivity index (χ4n) is 4.06. The lowest BCUT2D eigenvalue weighted by atomic mass is 9.98. The van der Waals surface area contributed by atoms with Gasteiger partial charge in [-0.2, -0.15) is 5.09 Å². The van der Waals surface area contributed by atoms with Gasteiger partial charge < -0.3 is 24.4 Å². The lowest BCUT2D eigenvalue weighted by molar-refractivity contribution is -0.149. The highest BCUT2D eigenvalue weighted by Gasteiger charge is 2.56. The second kappa shape index (κ2) is 11.5. The number of halogens is 1. The maximum absolute atomic E-state index is 15.9. The van der Waals surface area contributed by atoms with E-state index >= 15 is 4.39 Å². The summed E-state index contributed by atoms with van der Waals surface area (Å²) in [4.78, 5) is 24.9. The molecule has 0 amide bonds. The number of carbonyl (C=O) groups is 1. The summed E-state index contributed by atoms with van der Waals surface area (Å²) in [5.41, 5.74) is -1.63. The zero-order valence-electron chi connectivity index (χ0n) is 22.1. The fraction of sp³-hybridized carbons (Fsp3) is 0.500. The van der Waals surface area contributed by atoms with E-state index < -0.39 is 56.6 Å². The lowest BCUT2D eigenvalue weighted by Crippen LogP contribution is -2.41. The molecule has 1 fully saturated rings. The van der Waals surface area contributed by atoms with Crippen molar-refractivity contribution >= 4 is 30.7 Å². The Balaban J connectivity index is 1.54. The summed E-state index contributed by atoms with van der Waals surface area (Å²) in [5, 5.41) is 16.3. The highest BCUT2D eigenvalue weighted by Crippen LogP contribution is 2.48. The number of alkyl halides is 1. The van der Waals surface area contributed by atoms with Gasteiger partial charge in [-0.15, -0.1) is 0 Å². The van der Waals surface area contributed by atoms with E-state index in [1.807, 2.05) is 0 Å². The predicted octanol–water partition coefficient (Wildman–Crippen LogP) is 2.99. The maximum atomic E-state index is 15.9. The first-order valence-electron chi connectivity index (χ1n) is 12.3. The molecule has 3 aromatic rings. The van der Waals surface area contributed by atoms with Crippen molar-refractivity contribution in [1.82, 2.24) is 24.6 Å².